The van der Waals surface area contributed by atoms with Crippen LogP contribution in [0.1, 0.15) is 11.1 Å². The second kappa shape index (κ2) is 5.23. The minimum absolute atomic E-state index is 0.132. The Morgan fingerprint density at radius 3 is 2.75 bits per heavy atom. The van der Waals surface area contributed by atoms with Crippen LogP contribution in [0, 0.1) is 6.92 Å². The minimum atomic E-state index is -0.132. The second-order valence-corrected chi connectivity index (χ2v) is 6.12. The van der Waals surface area contributed by atoms with Crippen molar-refractivity contribution in [3.63, 3.8) is 0 Å². The van der Waals surface area contributed by atoms with E-state index >= 15 is 0 Å². The van der Waals surface area contributed by atoms with Crippen molar-refractivity contribution in [2.24, 2.45) is 7.05 Å². The van der Waals surface area contributed by atoms with Crippen molar-refractivity contribution < 1.29 is 5.11 Å². The van der Waals surface area contributed by atoms with Crippen molar-refractivity contribution in [3.8, 4) is 5.75 Å². The molecular formula is C19H17N3O2. The molecule has 4 aromatic rings. The highest BCUT2D eigenvalue weighted by atomic mass is 16.3. The lowest BCUT2D eigenvalue weighted by molar-refractivity contribution is 0.476. The number of phenolic OH excluding ortho intramolecular Hbond substituents is 1. The minimum Gasteiger partial charge on any atom is -0.508 e. The Morgan fingerprint density at radius 1 is 1.12 bits per heavy atom. The second-order valence-electron chi connectivity index (χ2n) is 6.12. The van der Waals surface area contributed by atoms with Crippen LogP contribution in [-0.2, 0) is 13.6 Å². The molecule has 0 saturated carbocycles. The fourth-order valence-electron chi connectivity index (χ4n) is 3.24. The quantitative estimate of drug-likeness (QED) is 0.618. The zero-order valence-corrected chi connectivity index (χ0v) is 13.5. The van der Waals surface area contributed by atoms with Crippen LogP contribution in [0.15, 0.2) is 53.5 Å². The van der Waals surface area contributed by atoms with Gasteiger partial charge in [-0.2, -0.15) is 5.10 Å². The van der Waals surface area contributed by atoms with Gasteiger partial charge in [0.1, 0.15) is 11.3 Å². The Balaban J connectivity index is 1.93. The number of benzene rings is 2. The van der Waals surface area contributed by atoms with Crippen molar-refractivity contribution in [1.29, 1.82) is 0 Å². The summed E-state index contributed by atoms with van der Waals surface area (Å²) in [5.74, 6) is 0.182. The highest BCUT2D eigenvalue weighted by Gasteiger charge is 2.14. The van der Waals surface area contributed by atoms with Crippen molar-refractivity contribution >= 4 is 21.8 Å². The third-order valence-electron chi connectivity index (χ3n) is 4.40. The molecule has 0 saturated heterocycles. The number of hydrogen-bond acceptors (Lipinski definition) is 3. The van der Waals surface area contributed by atoms with E-state index in [4.69, 9.17) is 0 Å². The Hall–Kier alpha value is -3.08. The highest BCUT2D eigenvalue weighted by Crippen LogP contribution is 2.28. The van der Waals surface area contributed by atoms with Gasteiger partial charge in [-0.1, -0.05) is 29.8 Å². The van der Waals surface area contributed by atoms with Gasteiger partial charge in [0.2, 0.25) is 0 Å². The van der Waals surface area contributed by atoms with Gasteiger partial charge in [-0.15, -0.1) is 0 Å². The number of aromatic hydroxyl groups is 1. The van der Waals surface area contributed by atoms with E-state index in [2.05, 4.69) is 11.2 Å². The highest BCUT2D eigenvalue weighted by molar-refractivity contribution is 6.07. The van der Waals surface area contributed by atoms with Crippen LogP contribution >= 0.6 is 0 Å². The van der Waals surface area contributed by atoms with Gasteiger partial charge in [0.15, 0.2) is 0 Å². The van der Waals surface area contributed by atoms with Crippen molar-refractivity contribution in [3.05, 3.63) is 70.1 Å². The van der Waals surface area contributed by atoms with Gasteiger partial charge in [0.25, 0.3) is 5.56 Å². The van der Waals surface area contributed by atoms with E-state index in [1.54, 1.807) is 18.3 Å². The third kappa shape index (κ3) is 2.17. The maximum Gasteiger partial charge on any atom is 0.291 e. The summed E-state index contributed by atoms with van der Waals surface area (Å²) < 4.78 is 3.30. The largest absolute Gasteiger partial charge is 0.508 e. The summed E-state index contributed by atoms with van der Waals surface area (Å²) in [6, 6.07) is 13.2. The van der Waals surface area contributed by atoms with E-state index in [1.807, 2.05) is 42.8 Å². The Morgan fingerprint density at radius 2 is 1.96 bits per heavy atom. The Bertz CT molecular complexity index is 1140. The van der Waals surface area contributed by atoms with Gasteiger partial charge in [-0.3, -0.25) is 4.79 Å². The van der Waals surface area contributed by atoms with Gasteiger partial charge in [0.05, 0.1) is 18.3 Å². The first-order valence-electron chi connectivity index (χ1n) is 7.77. The maximum atomic E-state index is 12.9. The fourth-order valence-corrected chi connectivity index (χ4v) is 3.24. The van der Waals surface area contributed by atoms with E-state index in [0.29, 0.717) is 12.1 Å². The third-order valence-corrected chi connectivity index (χ3v) is 4.40. The SMILES string of the molecule is Cc1cccc(Cn2ncc3c4ccc(O)cc4n(C)c3c2=O)c1. The molecule has 0 fully saturated rings. The summed E-state index contributed by atoms with van der Waals surface area (Å²) >= 11 is 0. The molecule has 0 radical (unpaired) electrons. The van der Waals surface area contributed by atoms with Crippen LogP contribution in [0.25, 0.3) is 21.8 Å². The number of rotatable bonds is 2. The molecule has 5 heteroatoms. The average Bonchev–Trinajstić information content (AvgIpc) is 2.83. The first kappa shape index (κ1) is 14.5. The van der Waals surface area contributed by atoms with Gasteiger partial charge < -0.3 is 9.67 Å². The van der Waals surface area contributed by atoms with E-state index in [-0.39, 0.29) is 11.3 Å². The molecule has 2 heterocycles. The van der Waals surface area contributed by atoms with Gasteiger partial charge in [0, 0.05) is 23.9 Å². The van der Waals surface area contributed by atoms with Crippen molar-refractivity contribution in [2.45, 2.75) is 13.5 Å². The summed E-state index contributed by atoms with van der Waals surface area (Å²) in [5.41, 5.74) is 3.48. The molecule has 0 aliphatic rings. The van der Waals surface area contributed by atoms with Gasteiger partial charge in [-0.05, 0) is 24.6 Å². The zero-order chi connectivity index (χ0) is 16.8. The smallest absolute Gasteiger partial charge is 0.291 e. The molecule has 0 amide bonds. The van der Waals surface area contributed by atoms with Crippen LogP contribution in [0.3, 0.4) is 0 Å². The molecule has 2 aromatic carbocycles. The normalized spacial score (nSPS) is 11.4. The molecule has 2 aromatic heterocycles. The molecule has 0 unspecified atom stereocenters. The summed E-state index contributed by atoms with van der Waals surface area (Å²) in [7, 11) is 1.84. The molecule has 0 spiro atoms. The lowest BCUT2D eigenvalue weighted by atomic mass is 10.1. The predicted molar refractivity (Wildman–Crippen MR) is 94.4 cm³/mol. The van der Waals surface area contributed by atoms with Crippen molar-refractivity contribution in [1.82, 2.24) is 14.3 Å². The molecule has 24 heavy (non-hydrogen) atoms. The summed E-state index contributed by atoms with van der Waals surface area (Å²) in [4.78, 5) is 12.9. The maximum absolute atomic E-state index is 12.9. The molecule has 0 bridgehead atoms. The monoisotopic (exact) mass is 319 g/mol. The number of phenols is 1. The lowest BCUT2D eigenvalue weighted by Crippen LogP contribution is -2.24. The Labute approximate surface area is 138 Å². The van der Waals surface area contributed by atoms with Gasteiger partial charge >= 0.3 is 0 Å². The summed E-state index contributed by atoms with van der Waals surface area (Å²) in [6.07, 6.45) is 1.73. The van der Waals surface area contributed by atoms with Crippen LogP contribution < -0.4 is 5.56 Å². The summed E-state index contributed by atoms with van der Waals surface area (Å²) in [6.45, 7) is 2.46. The van der Waals surface area contributed by atoms with Crippen LogP contribution in [0.4, 0.5) is 0 Å². The molecule has 0 atom stereocenters. The van der Waals surface area contributed by atoms with Crippen LogP contribution in [0.2, 0.25) is 0 Å². The number of nitrogens with zero attached hydrogens (tertiary/aromatic N) is 3. The standard InChI is InChI=1S/C19H17N3O2/c1-12-4-3-5-13(8-12)11-22-19(24)18-16(10-20-22)15-7-6-14(23)9-17(15)21(18)2/h3-10,23H,11H2,1-2H3. The number of hydrogen-bond donors (Lipinski definition) is 1. The first-order valence-corrected chi connectivity index (χ1v) is 7.77. The first-order chi connectivity index (χ1) is 11.5. The number of aromatic nitrogens is 3. The van der Waals surface area contributed by atoms with Crippen LogP contribution in [-0.4, -0.2) is 19.5 Å². The predicted octanol–water partition coefficient (Wildman–Crippen LogP) is 2.95. The van der Waals surface area contributed by atoms with Crippen LogP contribution in [0.5, 0.6) is 5.75 Å². The number of fused-ring (bicyclic) bond motifs is 3. The molecule has 1 N–H and O–H groups in total. The number of aryl methyl sites for hydroxylation is 2. The average molecular weight is 319 g/mol. The molecule has 0 aliphatic carbocycles. The fraction of sp³-hybridized carbons (Fsp3) is 0.158. The zero-order valence-electron chi connectivity index (χ0n) is 13.5. The van der Waals surface area contributed by atoms with E-state index in [1.165, 1.54) is 4.68 Å². The van der Waals surface area contributed by atoms with Crippen molar-refractivity contribution in [2.75, 3.05) is 0 Å². The molecule has 4 rings (SSSR count). The Kier molecular flexibility index (Phi) is 3.16. The van der Waals surface area contributed by atoms with E-state index in [9.17, 15) is 9.90 Å². The van der Waals surface area contributed by atoms with E-state index in [0.717, 1.165) is 27.4 Å². The molecule has 5 nitrogen and oxygen atoms in total. The molecule has 120 valence electrons. The van der Waals surface area contributed by atoms with E-state index < -0.39 is 0 Å². The molecular weight excluding hydrogens is 302 g/mol. The topological polar surface area (TPSA) is 60.0 Å². The summed E-state index contributed by atoms with van der Waals surface area (Å²) in [5, 5.41) is 15.8. The lowest BCUT2D eigenvalue weighted by Gasteiger charge is -2.06. The molecule has 0 aliphatic heterocycles. The van der Waals surface area contributed by atoms with Gasteiger partial charge in [-0.25, -0.2) is 4.68 Å².